The van der Waals surface area contributed by atoms with Crippen molar-refractivity contribution in [1.29, 1.82) is 0 Å². The molecule has 2 heterocycles. The fraction of sp³-hybridized carbons (Fsp3) is 0.182. The summed E-state index contributed by atoms with van der Waals surface area (Å²) in [7, 11) is 1.55. The SMILES string of the molecule is COc1ccc(NC(=O)c2ccnc(N3CCc4ccccc4C3)c2)cc1Cl. The van der Waals surface area contributed by atoms with Crippen LogP contribution in [0.4, 0.5) is 11.5 Å². The molecule has 5 nitrogen and oxygen atoms in total. The molecule has 1 N–H and O–H groups in total. The lowest BCUT2D eigenvalue weighted by atomic mass is 10.00. The Balaban J connectivity index is 1.51. The molecule has 0 bridgehead atoms. The second-order valence-electron chi connectivity index (χ2n) is 6.65. The number of benzene rings is 2. The van der Waals surface area contributed by atoms with Gasteiger partial charge in [0.2, 0.25) is 0 Å². The van der Waals surface area contributed by atoms with Gasteiger partial charge in [-0.2, -0.15) is 0 Å². The first-order valence-electron chi connectivity index (χ1n) is 9.07. The number of fused-ring (bicyclic) bond motifs is 1. The van der Waals surface area contributed by atoms with Crippen molar-refractivity contribution in [3.63, 3.8) is 0 Å². The number of pyridine rings is 1. The van der Waals surface area contributed by atoms with Crippen LogP contribution in [0.15, 0.2) is 60.8 Å². The van der Waals surface area contributed by atoms with Crippen LogP contribution in [-0.2, 0) is 13.0 Å². The molecule has 0 radical (unpaired) electrons. The van der Waals surface area contributed by atoms with Crippen LogP contribution in [0.2, 0.25) is 5.02 Å². The summed E-state index contributed by atoms with van der Waals surface area (Å²) in [4.78, 5) is 19.3. The van der Waals surface area contributed by atoms with Gasteiger partial charge in [-0.05, 0) is 47.9 Å². The number of hydrogen-bond acceptors (Lipinski definition) is 4. The zero-order valence-corrected chi connectivity index (χ0v) is 16.2. The minimum absolute atomic E-state index is 0.206. The molecule has 1 amide bonds. The van der Waals surface area contributed by atoms with E-state index in [-0.39, 0.29) is 5.91 Å². The Bertz CT molecular complexity index is 1020. The summed E-state index contributed by atoms with van der Waals surface area (Å²) in [6.07, 6.45) is 2.64. The van der Waals surface area contributed by atoms with Gasteiger partial charge in [-0.15, -0.1) is 0 Å². The summed E-state index contributed by atoms with van der Waals surface area (Å²) < 4.78 is 5.14. The van der Waals surface area contributed by atoms with E-state index < -0.39 is 0 Å². The number of nitrogens with zero attached hydrogens (tertiary/aromatic N) is 2. The van der Waals surface area contributed by atoms with Crippen molar-refractivity contribution in [1.82, 2.24) is 4.98 Å². The van der Waals surface area contributed by atoms with E-state index in [4.69, 9.17) is 16.3 Å². The maximum Gasteiger partial charge on any atom is 0.255 e. The first-order valence-corrected chi connectivity index (χ1v) is 9.44. The van der Waals surface area contributed by atoms with Crippen LogP contribution in [0, 0.1) is 0 Å². The summed E-state index contributed by atoms with van der Waals surface area (Å²) in [6, 6.07) is 17.1. The van der Waals surface area contributed by atoms with E-state index in [1.54, 1.807) is 37.6 Å². The van der Waals surface area contributed by atoms with Crippen LogP contribution in [0.25, 0.3) is 0 Å². The van der Waals surface area contributed by atoms with Gasteiger partial charge >= 0.3 is 0 Å². The van der Waals surface area contributed by atoms with E-state index in [1.807, 2.05) is 6.07 Å². The molecule has 0 fully saturated rings. The topological polar surface area (TPSA) is 54.5 Å². The molecule has 0 spiro atoms. The lowest BCUT2D eigenvalue weighted by molar-refractivity contribution is 0.102. The molecule has 0 saturated heterocycles. The fourth-order valence-electron chi connectivity index (χ4n) is 3.37. The Kier molecular flexibility index (Phi) is 5.17. The van der Waals surface area contributed by atoms with Crippen LogP contribution in [0.5, 0.6) is 5.75 Å². The Morgan fingerprint density at radius 3 is 2.75 bits per heavy atom. The number of anilines is 2. The Morgan fingerprint density at radius 1 is 1.14 bits per heavy atom. The molecular weight excluding hydrogens is 374 g/mol. The normalized spacial score (nSPS) is 13.0. The monoisotopic (exact) mass is 393 g/mol. The Hall–Kier alpha value is -3.05. The summed E-state index contributed by atoms with van der Waals surface area (Å²) in [5, 5.41) is 3.32. The van der Waals surface area contributed by atoms with E-state index in [2.05, 4.69) is 39.5 Å². The predicted molar refractivity (Wildman–Crippen MR) is 111 cm³/mol. The minimum atomic E-state index is -0.206. The predicted octanol–water partition coefficient (Wildman–Crippen LogP) is 4.56. The Morgan fingerprint density at radius 2 is 1.96 bits per heavy atom. The molecule has 1 aromatic heterocycles. The number of hydrogen-bond donors (Lipinski definition) is 1. The zero-order chi connectivity index (χ0) is 19.5. The second kappa shape index (κ2) is 7.90. The number of halogens is 1. The maximum atomic E-state index is 12.7. The molecule has 0 aliphatic carbocycles. The molecule has 0 atom stereocenters. The molecule has 6 heteroatoms. The number of nitrogens with one attached hydrogen (secondary N) is 1. The van der Waals surface area contributed by atoms with E-state index >= 15 is 0 Å². The highest BCUT2D eigenvalue weighted by Crippen LogP contribution is 2.28. The third kappa shape index (κ3) is 3.80. The Labute approximate surface area is 168 Å². The number of carbonyl (C=O) groups excluding carboxylic acids is 1. The highest BCUT2D eigenvalue weighted by Gasteiger charge is 2.18. The number of amides is 1. The first-order chi connectivity index (χ1) is 13.6. The van der Waals surface area contributed by atoms with Gasteiger partial charge < -0.3 is 15.0 Å². The molecule has 142 valence electrons. The van der Waals surface area contributed by atoms with Gasteiger partial charge in [0.25, 0.3) is 5.91 Å². The smallest absolute Gasteiger partial charge is 0.255 e. The highest BCUT2D eigenvalue weighted by molar-refractivity contribution is 6.32. The summed E-state index contributed by atoms with van der Waals surface area (Å²) >= 11 is 6.13. The van der Waals surface area contributed by atoms with Crippen LogP contribution in [0.3, 0.4) is 0 Å². The van der Waals surface area contributed by atoms with Crippen LogP contribution in [0.1, 0.15) is 21.5 Å². The van der Waals surface area contributed by atoms with Crippen molar-refractivity contribution >= 4 is 29.0 Å². The quantitative estimate of drug-likeness (QED) is 0.706. The van der Waals surface area contributed by atoms with E-state index in [1.165, 1.54) is 11.1 Å². The van der Waals surface area contributed by atoms with Crippen LogP contribution >= 0.6 is 11.6 Å². The van der Waals surface area contributed by atoms with Crippen molar-refractivity contribution in [2.75, 3.05) is 23.9 Å². The first kappa shape index (κ1) is 18.3. The van der Waals surface area contributed by atoms with Gasteiger partial charge in [0, 0.05) is 30.5 Å². The van der Waals surface area contributed by atoms with Crippen molar-refractivity contribution < 1.29 is 9.53 Å². The van der Waals surface area contributed by atoms with E-state index in [9.17, 15) is 4.79 Å². The maximum absolute atomic E-state index is 12.7. The number of ether oxygens (including phenoxy) is 1. The second-order valence-corrected chi connectivity index (χ2v) is 7.05. The third-order valence-corrected chi connectivity index (χ3v) is 5.17. The zero-order valence-electron chi connectivity index (χ0n) is 15.5. The van der Waals surface area contributed by atoms with Crippen molar-refractivity contribution in [2.24, 2.45) is 0 Å². The van der Waals surface area contributed by atoms with Crippen molar-refractivity contribution in [2.45, 2.75) is 13.0 Å². The molecular formula is C22H20ClN3O2. The standard InChI is InChI=1S/C22H20ClN3O2/c1-28-20-7-6-18(13-19(20)23)25-22(27)16-8-10-24-21(12-16)26-11-9-15-4-2-3-5-17(15)14-26/h2-8,10,12-13H,9,11,14H2,1H3,(H,25,27). The molecule has 3 aromatic rings. The van der Waals surface area contributed by atoms with Crippen LogP contribution in [-0.4, -0.2) is 24.5 Å². The van der Waals surface area contributed by atoms with Crippen LogP contribution < -0.4 is 15.0 Å². The molecule has 0 unspecified atom stereocenters. The molecule has 0 saturated carbocycles. The average molecular weight is 394 g/mol. The third-order valence-electron chi connectivity index (χ3n) is 4.87. The van der Waals surface area contributed by atoms with Gasteiger partial charge in [-0.25, -0.2) is 4.98 Å². The molecule has 1 aliphatic heterocycles. The lowest BCUT2D eigenvalue weighted by Gasteiger charge is -2.29. The largest absolute Gasteiger partial charge is 0.495 e. The highest BCUT2D eigenvalue weighted by atomic mass is 35.5. The number of carbonyl (C=O) groups is 1. The van der Waals surface area contributed by atoms with Gasteiger partial charge in [-0.3, -0.25) is 4.79 Å². The molecule has 28 heavy (non-hydrogen) atoms. The number of methoxy groups -OCH3 is 1. The van der Waals surface area contributed by atoms with E-state index in [0.29, 0.717) is 22.0 Å². The van der Waals surface area contributed by atoms with Crippen molar-refractivity contribution in [3.8, 4) is 5.75 Å². The average Bonchev–Trinajstić information content (AvgIpc) is 2.73. The number of rotatable bonds is 4. The minimum Gasteiger partial charge on any atom is -0.495 e. The van der Waals surface area contributed by atoms with Crippen molar-refractivity contribution in [3.05, 3.63) is 82.5 Å². The molecule has 1 aliphatic rings. The van der Waals surface area contributed by atoms with Gasteiger partial charge in [0.05, 0.1) is 12.1 Å². The van der Waals surface area contributed by atoms with Gasteiger partial charge in [-0.1, -0.05) is 35.9 Å². The number of aromatic nitrogens is 1. The fourth-order valence-corrected chi connectivity index (χ4v) is 3.63. The van der Waals surface area contributed by atoms with Gasteiger partial charge in [0.1, 0.15) is 11.6 Å². The summed E-state index contributed by atoms with van der Waals surface area (Å²) in [5.41, 5.74) is 3.85. The van der Waals surface area contributed by atoms with E-state index in [0.717, 1.165) is 25.3 Å². The summed E-state index contributed by atoms with van der Waals surface area (Å²) in [6.45, 7) is 1.67. The molecule has 4 rings (SSSR count). The van der Waals surface area contributed by atoms with Gasteiger partial charge in [0.15, 0.2) is 0 Å². The molecule has 2 aromatic carbocycles. The lowest BCUT2D eigenvalue weighted by Crippen LogP contribution is -2.31. The summed E-state index contributed by atoms with van der Waals surface area (Å²) in [5.74, 6) is 1.16.